The Hall–Kier alpha value is -1.96. The number of aliphatic hydroxyl groups is 1. The summed E-state index contributed by atoms with van der Waals surface area (Å²) in [5.74, 6) is -1.43. The molecule has 32 heavy (non-hydrogen) atoms. The van der Waals surface area contributed by atoms with Crippen molar-refractivity contribution < 1.29 is 18.3 Å². The maximum absolute atomic E-state index is 14.2. The summed E-state index contributed by atoms with van der Waals surface area (Å²) >= 11 is 3.45. The minimum Gasteiger partial charge on any atom is -0.374 e. The Morgan fingerprint density at radius 1 is 1.03 bits per heavy atom. The summed E-state index contributed by atoms with van der Waals surface area (Å²) in [4.78, 5) is 4.58. The van der Waals surface area contributed by atoms with E-state index in [4.69, 9.17) is 0 Å². The zero-order valence-electron chi connectivity index (χ0n) is 17.8. The van der Waals surface area contributed by atoms with Crippen LogP contribution in [0.5, 0.6) is 0 Å². The van der Waals surface area contributed by atoms with Crippen LogP contribution in [0.3, 0.4) is 0 Å². The standard InChI is InChI=1S/C25H26BrF3N2O/c1-14(15-5-3-2-4-6-15)30-25(32)23-20-12-17(27)7-8-22(20)31-24(21(23)13-26)16-9-18(28)11-19(29)10-16/h7-12,14-15,25,30,32H,2-6,13H2,1H3/t14-,25?/m0/s1. The zero-order valence-corrected chi connectivity index (χ0v) is 19.4. The number of benzene rings is 2. The van der Waals surface area contributed by atoms with E-state index < -0.39 is 23.7 Å². The van der Waals surface area contributed by atoms with Crippen LogP contribution in [0.25, 0.3) is 22.2 Å². The van der Waals surface area contributed by atoms with Crippen molar-refractivity contribution in [3.63, 3.8) is 0 Å². The van der Waals surface area contributed by atoms with E-state index >= 15 is 0 Å². The molecule has 0 radical (unpaired) electrons. The van der Waals surface area contributed by atoms with Gasteiger partial charge in [-0.3, -0.25) is 5.32 Å². The van der Waals surface area contributed by atoms with E-state index in [9.17, 15) is 18.3 Å². The fraction of sp³-hybridized carbons (Fsp3) is 0.400. The summed E-state index contributed by atoms with van der Waals surface area (Å²) in [5, 5.41) is 15.3. The number of pyridine rings is 1. The minimum atomic E-state index is -1.09. The van der Waals surface area contributed by atoms with Crippen molar-refractivity contribution in [1.29, 1.82) is 0 Å². The van der Waals surface area contributed by atoms with Gasteiger partial charge < -0.3 is 5.11 Å². The van der Waals surface area contributed by atoms with Gasteiger partial charge >= 0.3 is 0 Å². The average molecular weight is 507 g/mol. The molecule has 1 aliphatic carbocycles. The fourth-order valence-corrected chi connectivity index (χ4v) is 5.35. The third-order valence-corrected chi connectivity index (χ3v) is 6.97. The van der Waals surface area contributed by atoms with Crippen LogP contribution >= 0.6 is 15.9 Å². The molecule has 0 saturated heterocycles. The molecule has 4 rings (SSSR count). The van der Waals surface area contributed by atoms with Crippen molar-refractivity contribution in [2.75, 3.05) is 0 Å². The third-order valence-electron chi connectivity index (χ3n) is 6.41. The van der Waals surface area contributed by atoms with Crippen LogP contribution in [-0.2, 0) is 5.33 Å². The Morgan fingerprint density at radius 3 is 2.38 bits per heavy atom. The molecule has 1 saturated carbocycles. The number of aromatic nitrogens is 1. The van der Waals surface area contributed by atoms with Crippen molar-refractivity contribution in [2.24, 2.45) is 5.92 Å². The predicted molar refractivity (Wildman–Crippen MR) is 124 cm³/mol. The molecule has 1 aromatic heterocycles. The van der Waals surface area contributed by atoms with Gasteiger partial charge in [0.15, 0.2) is 0 Å². The highest BCUT2D eigenvalue weighted by molar-refractivity contribution is 9.08. The van der Waals surface area contributed by atoms with Gasteiger partial charge in [-0.2, -0.15) is 0 Å². The molecule has 1 fully saturated rings. The Morgan fingerprint density at radius 2 is 1.72 bits per heavy atom. The molecule has 2 aromatic carbocycles. The Labute approximate surface area is 194 Å². The molecule has 0 spiro atoms. The number of halogens is 4. The van der Waals surface area contributed by atoms with Crippen LogP contribution in [0, 0.1) is 23.4 Å². The second-order valence-electron chi connectivity index (χ2n) is 8.56. The van der Waals surface area contributed by atoms with E-state index in [1.54, 1.807) is 0 Å². The second-order valence-corrected chi connectivity index (χ2v) is 9.12. The molecular formula is C25H26BrF3N2O. The smallest absolute Gasteiger partial charge is 0.132 e. The largest absolute Gasteiger partial charge is 0.374 e. The Kier molecular flexibility index (Phi) is 7.17. The topological polar surface area (TPSA) is 45.1 Å². The molecule has 0 amide bonds. The van der Waals surface area contributed by atoms with Gasteiger partial charge in [0.25, 0.3) is 0 Å². The molecule has 3 nitrogen and oxygen atoms in total. The zero-order chi connectivity index (χ0) is 22.8. The molecule has 0 bridgehead atoms. The summed E-state index contributed by atoms with van der Waals surface area (Å²) in [6, 6.07) is 7.42. The van der Waals surface area contributed by atoms with E-state index in [0.29, 0.717) is 33.6 Å². The summed E-state index contributed by atoms with van der Waals surface area (Å²) in [6.07, 6.45) is 4.71. The second kappa shape index (κ2) is 9.89. The Bertz CT molecular complexity index is 1100. The van der Waals surface area contributed by atoms with E-state index in [-0.39, 0.29) is 16.9 Å². The van der Waals surface area contributed by atoms with Gasteiger partial charge in [-0.1, -0.05) is 35.2 Å². The lowest BCUT2D eigenvalue weighted by Crippen LogP contribution is -2.37. The number of nitrogens with zero attached hydrogens (tertiary/aromatic N) is 1. The third kappa shape index (κ3) is 4.85. The first-order valence-electron chi connectivity index (χ1n) is 11.0. The average Bonchev–Trinajstić information content (AvgIpc) is 2.77. The first kappa shape index (κ1) is 23.2. The van der Waals surface area contributed by atoms with Gasteiger partial charge in [0.1, 0.15) is 23.7 Å². The normalized spacial score (nSPS) is 16.9. The van der Waals surface area contributed by atoms with Crippen molar-refractivity contribution in [2.45, 2.75) is 56.6 Å². The van der Waals surface area contributed by atoms with Gasteiger partial charge in [-0.15, -0.1) is 0 Å². The van der Waals surface area contributed by atoms with Crippen LogP contribution in [0.15, 0.2) is 36.4 Å². The minimum absolute atomic E-state index is 0.0558. The summed E-state index contributed by atoms with van der Waals surface area (Å²) < 4.78 is 42.1. The van der Waals surface area contributed by atoms with Gasteiger partial charge in [0.05, 0.1) is 11.2 Å². The van der Waals surface area contributed by atoms with E-state index in [2.05, 4.69) is 33.2 Å². The highest BCUT2D eigenvalue weighted by Gasteiger charge is 2.26. The van der Waals surface area contributed by atoms with Crippen LogP contribution < -0.4 is 5.32 Å². The van der Waals surface area contributed by atoms with Crippen molar-refractivity contribution >= 4 is 26.8 Å². The first-order chi connectivity index (χ1) is 15.4. The highest BCUT2D eigenvalue weighted by atomic mass is 79.9. The van der Waals surface area contributed by atoms with E-state index in [1.807, 2.05) is 0 Å². The maximum atomic E-state index is 14.2. The SMILES string of the molecule is C[C@H](NC(O)c1c(CBr)c(-c2cc(F)cc(F)c2)nc2ccc(F)cc12)C1CCCCC1. The molecule has 1 unspecified atom stereocenters. The monoisotopic (exact) mass is 506 g/mol. The molecular weight excluding hydrogens is 481 g/mol. The summed E-state index contributed by atoms with van der Waals surface area (Å²) in [6.45, 7) is 2.06. The van der Waals surface area contributed by atoms with E-state index in [1.165, 1.54) is 49.6 Å². The van der Waals surface area contributed by atoms with Crippen LogP contribution in [0.4, 0.5) is 13.2 Å². The summed E-state index contributed by atoms with van der Waals surface area (Å²) in [5.41, 5.74) is 2.08. The predicted octanol–water partition coefficient (Wildman–Crippen LogP) is 6.76. The Balaban J connectivity index is 1.84. The molecule has 0 aliphatic heterocycles. The number of fused-ring (bicyclic) bond motifs is 1. The number of rotatable bonds is 6. The fourth-order valence-electron chi connectivity index (χ4n) is 4.78. The lowest BCUT2D eigenvalue weighted by molar-refractivity contribution is 0.107. The highest BCUT2D eigenvalue weighted by Crippen LogP contribution is 2.36. The van der Waals surface area contributed by atoms with Crippen molar-refractivity contribution in [3.8, 4) is 11.3 Å². The summed E-state index contributed by atoms with van der Waals surface area (Å²) in [7, 11) is 0. The lowest BCUT2D eigenvalue weighted by atomic mass is 9.84. The maximum Gasteiger partial charge on any atom is 0.132 e. The quantitative estimate of drug-likeness (QED) is 0.286. The van der Waals surface area contributed by atoms with Crippen LogP contribution in [-0.4, -0.2) is 16.1 Å². The van der Waals surface area contributed by atoms with Crippen molar-refractivity contribution in [3.05, 3.63) is 65.0 Å². The molecule has 1 heterocycles. The molecule has 2 atom stereocenters. The lowest BCUT2D eigenvalue weighted by Gasteiger charge is -2.31. The molecule has 3 aromatic rings. The van der Waals surface area contributed by atoms with Gasteiger partial charge in [0, 0.05) is 34.0 Å². The van der Waals surface area contributed by atoms with Gasteiger partial charge in [-0.05, 0) is 61.6 Å². The van der Waals surface area contributed by atoms with Crippen molar-refractivity contribution in [1.82, 2.24) is 10.3 Å². The molecule has 1 aliphatic rings. The molecule has 2 N–H and O–H groups in total. The number of alkyl halides is 1. The molecule has 170 valence electrons. The van der Waals surface area contributed by atoms with Gasteiger partial charge in [-0.25, -0.2) is 18.2 Å². The number of nitrogens with one attached hydrogen (secondary N) is 1. The van der Waals surface area contributed by atoms with Crippen LogP contribution in [0.1, 0.15) is 56.4 Å². The molecule has 7 heteroatoms. The first-order valence-corrected chi connectivity index (χ1v) is 12.1. The number of aliphatic hydroxyl groups excluding tert-OH is 1. The number of hydrogen-bond donors (Lipinski definition) is 2. The van der Waals surface area contributed by atoms with Crippen LogP contribution in [0.2, 0.25) is 0 Å². The van der Waals surface area contributed by atoms with Gasteiger partial charge in [0.2, 0.25) is 0 Å². The van der Waals surface area contributed by atoms with E-state index in [0.717, 1.165) is 18.9 Å². The number of hydrogen-bond acceptors (Lipinski definition) is 3.